The van der Waals surface area contributed by atoms with Crippen LogP contribution in [-0.4, -0.2) is 5.91 Å². The highest BCUT2D eigenvalue weighted by Gasteiger charge is 2.21. The standard InChI is InChI=1S/C11H16NO/c1-11(2,3)10(13)12-9-7-5-4-6-8-9/h4-5,7-8H,6H2,1-3H3,(H,12,13). The van der Waals surface area contributed by atoms with Gasteiger partial charge in [0.2, 0.25) is 5.91 Å². The van der Waals surface area contributed by atoms with Gasteiger partial charge >= 0.3 is 0 Å². The Morgan fingerprint density at radius 2 is 2.15 bits per heavy atom. The van der Waals surface area contributed by atoms with E-state index < -0.39 is 0 Å². The van der Waals surface area contributed by atoms with E-state index in [1.165, 1.54) is 0 Å². The zero-order valence-corrected chi connectivity index (χ0v) is 8.42. The lowest BCUT2D eigenvalue weighted by atomic mass is 9.95. The lowest BCUT2D eigenvalue weighted by molar-refractivity contribution is -0.127. The van der Waals surface area contributed by atoms with Gasteiger partial charge in [0, 0.05) is 17.5 Å². The van der Waals surface area contributed by atoms with Crippen LogP contribution in [0, 0.1) is 11.8 Å². The molecule has 0 bridgehead atoms. The Morgan fingerprint density at radius 1 is 1.46 bits per heavy atom. The second-order valence-electron chi connectivity index (χ2n) is 4.19. The molecule has 0 aromatic rings. The largest absolute Gasteiger partial charge is 0.329 e. The van der Waals surface area contributed by atoms with E-state index in [2.05, 4.69) is 5.32 Å². The summed E-state index contributed by atoms with van der Waals surface area (Å²) in [4.78, 5) is 11.5. The quantitative estimate of drug-likeness (QED) is 0.655. The first-order valence-electron chi connectivity index (χ1n) is 4.51. The molecule has 0 heterocycles. The maximum Gasteiger partial charge on any atom is 0.229 e. The molecule has 0 spiro atoms. The Hall–Kier alpha value is -1.05. The normalized spacial score (nSPS) is 16.7. The molecule has 0 fully saturated rings. The third kappa shape index (κ3) is 3.05. The van der Waals surface area contributed by atoms with Gasteiger partial charge < -0.3 is 5.32 Å². The predicted molar refractivity (Wildman–Crippen MR) is 53.7 cm³/mol. The monoisotopic (exact) mass is 178 g/mol. The third-order valence-electron chi connectivity index (χ3n) is 1.82. The number of hydrogen-bond acceptors (Lipinski definition) is 1. The summed E-state index contributed by atoms with van der Waals surface area (Å²) in [5.74, 6) is 0.0605. The second-order valence-corrected chi connectivity index (χ2v) is 4.19. The number of amides is 1. The molecule has 2 heteroatoms. The van der Waals surface area contributed by atoms with Crippen LogP contribution in [0.1, 0.15) is 27.2 Å². The Bertz CT molecular complexity index is 256. The van der Waals surface area contributed by atoms with E-state index in [-0.39, 0.29) is 11.3 Å². The van der Waals surface area contributed by atoms with Crippen molar-refractivity contribution in [1.82, 2.24) is 5.32 Å². The van der Waals surface area contributed by atoms with Crippen LogP contribution in [0.15, 0.2) is 23.9 Å². The summed E-state index contributed by atoms with van der Waals surface area (Å²) in [6.45, 7) is 5.71. The summed E-state index contributed by atoms with van der Waals surface area (Å²) in [5, 5.41) is 2.87. The van der Waals surface area contributed by atoms with Crippen molar-refractivity contribution in [1.29, 1.82) is 0 Å². The predicted octanol–water partition coefficient (Wildman–Crippen LogP) is 2.20. The van der Waals surface area contributed by atoms with Crippen molar-refractivity contribution < 1.29 is 4.79 Å². The highest BCUT2D eigenvalue weighted by Crippen LogP contribution is 2.15. The molecule has 2 nitrogen and oxygen atoms in total. The summed E-state index contributed by atoms with van der Waals surface area (Å²) in [7, 11) is 0. The molecule has 1 aliphatic rings. The van der Waals surface area contributed by atoms with Crippen molar-refractivity contribution in [3.05, 3.63) is 30.3 Å². The lowest BCUT2D eigenvalue weighted by Crippen LogP contribution is -2.34. The number of hydrogen-bond donors (Lipinski definition) is 1. The first-order chi connectivity index (χ1) is 6.00. The molecule has 71 valence electrons. The number of carbonyl (C=O) groups is 1. The molecule has 1 aliphatic carbocycles. The lowest BCUT2D eigenvalue weighted by Gasteiger charge is -2.19. The van der Waals surface area contributed by atoms with Crippen LogP contribution in [-0.2, 0) is 4.79 Å². The molecule has 0 saturated heterocycles. The van der Waals surface area contributed by atoms with Crippen molar-refractivity contribution in [3.8, 4) is 0 Å². The van der Waals surface area contributed by atoms with Crippen LogP contribution in [0.5, 0.6) is 0 Å². The molecule has 1 N–H and O–H groups in total. The molecule has 1 amide bonds. The molecule has 13 heavy (non-hydrogen) atoms. The van der Waals surface area contributed by atoms with E-state index in [1.807, 2.05) is 45.4 Å². The van der Waals surface area contributed by atoms with Crippen LogP contribution >= 0.6 is 0 Å². The number of rotatable bonds is 1. The fourth-order valence-electron chi connectivity index (χ4n) is 0.925. The van der Waals surface area contributed by atoms with Gasteiger partial charge in [-0.15, -0.1) is 0 Å². The molecule has 0 atom stereocenters. The van der Waals surface area contributed by atoms with Crippen molar-refractivity contribution in [3.63, 3.8) is 0 Å². The summed E-state index contributed by atoms with van der Waals surface area (Å²) >= 11 is 0. The topological polar surface area (TPSA) is 29.1 Å². The molecule has 0 aromatic carbocycles. The van der Waals surface area contributed by atoms with E-state index in [0.717, 1.165) is 12.1 Å². The average Bonchev–Trinajstić information content (AvgIpc) is 2.04. The molecule has 1 radical (unpaired) electrons. The maximum atomic E-state index is 11.5. The fourth-order valence-corrected chi connectivity index (χ4v) is 0.925. The smallest absolute Gasteiger partial charge is 0.229 e. The van der Waals surface area contributed by atoms with Crippen LogP contribution in [0.2, 0.25) is 0 Å². The maximum absolute atomic E-state index is 11.5. The zero-order chi connectivity index (χ0) is 9.90. The van der Waals surface area contributed by atoms with E-state index in [9.17, 15) is 4.79 Å². The van der Waals surface area contributed by atoms with E-state index in [0.29, 0.717) is 0 Å². The third-order valence-corrected chi connectivity index (χ3v) is 1.82. The van der Waals surface area contributed by atoms with Gasteiger partial charge in [-0.2, -0.15) is 0 Å². The Kier molecular flexibility index (Phi) is 2.91. The zero-order valence-electron chi connectivity index (χ0n) is 8.42. The fraction of sp³-hybridized carbons (Fsp3) is 0.455. The number of allylic oxidation sites excluding steroid dienone is 4. The van der Waals surface area contributed by atoms with Gasteiger partial charge in [0.05, 0.1) is 0 Å². The van der Waals surface area contributed by atoms with Gasteiger partial charge in [-0.05, 0) is 12.5 Å². The van der Waals surface area contributed by atoms with Gasteiger partial charge in [0.1, 0.15) is 0 Å². The minimum Gasteiger partial charge on any atom is -0.329 e. The van der Waals surface area contributed by atoms with Crippen molar-refractivity contribution in [2.45, 2.75) is 27.2 Å². The number of carbonyl (C=O) groups excluding carboxylic acids is 1. The molecule has 0 unspecified atom stereocenters. The SMILES string of the molecule is CC(C)(C)C(=O)NC1=CC=CC[CH]1. The van der Waals surface area contributed by atoms with Crippen molar-refractivity contribution in [2.75, 3.05) is 0 Å². The Balaban J connectivity index is 2.54. The van der Waals surface area contributed by atoms with Gasteiger partial charge in [-0.3, -0.25) is 4.79 Å². The Morgan fingerprint density at radius 3 is 2.62 bits per heavy atom. The summed E-state index contributed by atoms with van der Waals surface area (Å²) in [6, 6.07) is 0. The van der Waals surface area contributed by atoms with E-state index in [4.69, 9.17) is 0 Å². The van der Waals surface area contributed by atoms with Gasteiger partial charge in [-0.25, -0.2) is 0 Å². The summed E-state index contributed by atoms with van der Waals surface area (Å²) in [5.41, 5.74) is 0.581. The van der Waals surface area contributed by atoms with Crippen LogP contribution in [0.25, 0.3) is 0 Å². The van der Waals surface area contributed by atoms with Crippen molar-refractivity contribution >= 4 is 5.91 Å². The number of nitrogens with one attached hydrogen (secondary N) is 1. The van der Waals surface area contributed by atoms with Crippen molar-refractivity contribution in [2.24, 2.45) is 5.41 Å². The van der Waals surface area contributed by atoms with Crippen LogP contribution in [0.4, 0.5) is 0 Å². The van der Waals surface area contributed by atoms with Gasteiger partial charge in [-0.1, -0.05) is 32.9 Å². The highest BCUT2D eigenvalue weighted by molar-refractivity contribution is 5.83. The molecule has 0 saturated carbocycles. The molecule has 0 aliphatic heterocycles. The molecule has 0 aromatic heterocycles. The second kappa shape index (κ2) is 3.77. The first kappa shape index (κ1) is 10.0. The summed E-state index contributed by atoms with van der Waals surface area (Å²) < 4.78 is 0. The van der Waals surface area contributed by atoms with Gasteiger partial charge in [0.15, 0.2) is 0 Å². The molecular weight excluding hydrogens is 162 g/mol. The van der Waals surface area contributed by atoms with Crippen LogP contribution < -0.4 is 5.32 Å². The first-order valence-corrected chi connectivity index (χ1v) is 4.51. The minimum atomic E-state index is -0.324. The van der Waals surface area contributed by atoms with Gasteiger partial charge in [0.25, 0.3) is 0 Å². The highest BCUT2D eigenvalue weighted by atomic mass is 16.2. The van der Waals surface area contributed by atoms with Crippen LogP contribution in [0.3, 0.4) is 0 Å². The average molecular weight is 178 g/mol. The molecule has 1 rings (SSSR count). The van der Waals surface area contributed by atoms with E-state index >= 15 is 0 Å². The minimum absolute atomic E-state index is 0.0605. The molecular formula is C11H16NO. The summed E-state index contributed by atoms with van der Waals surface area (Å²) in [6.07, 6.45) is 8.82. The van der Waals surface area contributed by atoms with E-state index in [1.54, 1.807) is 0 Å². The Labute approximate surface area is 79.7 Å².